The molecule has 1 aliphatic rings. The van der Waals surface area contributed by atoms with Crippen LogP contribution in [0.3, 0.4) is 0 Å². The molecule has 31 heavy (non-hydrogen) atoms. The van der Waals surface area contributed by atoms with Crippen LogP contribution in [-0.2, 0) is 22.2 Å². The van der Waals surface area contributed by atoms with Crippen molar-refractivity contribution in [1.82, 2.24) is 24.6 Å². The van der Waals surface area contributed by atoms with Crippen LogP contribution in [0, 0.1) is 0 Å². The van der Waals surface area contributed by atoms with E-state index >= 15 is 0 Å². The summed E-state index contributed by atoms with van der Waals surface area (Å²) in [5.41, 5.74) is 3.06. The fraction of sp³-hybridized carbons (Fsp3) is 0.429. The summed E-state index contributed by atoms with van der Waals surface area (Å²) in [7, 11) is -1.84. The van der Waals surface area contributed by atoms with Crippen molar-refractivity contribution < 1.29 is 8.42 Å². The molecule has 0 radical (unpaired) electrons. The molecule has 0 aliphatic carbocycles. The fourth-order valence-electron chi connectivity index (χ4n) is 4.01. The molecule has 4 rings (SSSR count). The Labute approximate surface area is 187 Å². The molecule has 3 aromatic rings. The maximum absolute atomic E-state index is 11.9. The number of nitrogens with zero attached hydrogens (tertiary/aromatic N) is 4. The Bertz CT molecular complexity index is 1140. The first-order valence-corrected chi connectivity index (χ1v) is 12.4. The van der Waals surface area contributed by atoms with Gasteiger partial charge in [0.15, 0.2) is 0 Å². The third kappa shape index (κ3) is 5.54. The molecule has 0 spiro atoms. The van der Waals surface area contributed by atoms with Crippen LogP contribution in [0.25, 0.3) is 10.9 Å². The topological polar surface area (TPSA) is 94.2 Å². The van der Waals surface area contributed by atoms with Gasteiger partial charge in [0.05, 0.1) is 5.75 Å². The van der Waals surface area contributed by atoms with E-state index in [0.29, 0.717) is 0 Å². The molecule has 1 fully saturated rings. The lowest BCUT2D eigenvalue weighted by atomic mass is 10.1. The van der Waals surface area contributed by atoms with E-state index in [-0.39, 0.29) is 11.0 Å². The summed E-state index contributed by atoms with van der Waals surface area (Å²) in [4.78, 5) is 16.3. The van der Waals surface area contributed by atoms with Crippen LogP contribution in [0.15, 0.2) is 36.7 Å². The molecule has 0 unspecified atom stereocenters. The Morgan fingerprint density at radius 2 is 2.00 bits per heavy atom. The Hall–Kier alpha value is -2.20. The quantitative estimate of drug-likeness (QED) is 0.499. The lowest BCUT2D eigenvalue weighted by Gasteiger charge is -2.35. The number of H-pyrrole nitrogens is 1. The Morgan fingerprint density at radius 1 is 1.19 bits per heavy atom. The number of aromatic amines is 1. The number of hydrogen-bond acceptors (Lipinski definition) is 6. The van der Waals surface area contributed by atoms with Crippen molar-refractivity contribution in [2.24, 2.45) is 0 Å². The van der Waals surface area contributed by atoms with E-state index in [1.807, 2.05) is 30.5 Å². The van der Waals surface area contributed by atoms with Crippen LogP contribution in [0.1, 0.15) is 17.5 Å². The smallest absolute Gasteiger partial charge is 0.224 e. The SMILES string of the molecule is CNS(=O)(=O)Cc1ccc2[nH]cc(CCCN3CCN(c4ccnc(Cl)n4)CC3)c2c1. The van der Waals surface area contributed by atoms with E-state index in [1.54, 1.807) is 6.20 Å². The molecule has 0 bridgehead atoms. The molecule has 8 nitrogen and oxygen atoms in total. The van der Waals surface area contributed by atoms with E-state index in [2.05, 4.69) is 29.5 Å². The second-order valence-electron chi connectivity index (χ2n) is 7.77. The first-order valence-electron chi connectivity index (χ1n) is 10.4. The minimum Gasteiger partial charge on any atom is -0.361 e. The van der Waals surface area contributed by atoms with Gasteiger partial charge < -0.3 is 9.88 Å². The summed E-state index contributed by atoms with van der Waals surface area (Å²) < 4.78 is 26.1. The molecule has 0 saturated carbocycles. The van der Waals surface area contributed by atoms with Gasteiger partial charge in [0, 0.05) is 49.5 Å². The molecule has 2 N–H and O–H groups in total. The van der Waals surface area contributed by atoms with Gasteiger partial charge in [0.2, 0.25) is 15.3 Å². The van der Waals surface area contributed by atoms with Crippen molar-refractivity contribution >= 4 is 38.3 Å². The van der Waals surface area contributed by atoms with Crippen molar-refractivity contribution in [2.75, 3.05) is 44.7 Å². The molecule has 1 saturated heterocycles. The number of aryl methyl sites for hydroxylation is 1. The third-order valence-corrected chi connectivity index (χ3v) is 7.25. The Morgan fingerprint density at radius 3 is 2.74 bits per heavy atom. The summed E-state index contributed by atoms with van der Waals surface area (Å²) in [5.74, 6) is 0.876. The van der Waals surface area contributed by atoms with E-state index in [1.165, 1.54) is 12.6 Å². The molecule has 166 valence electrons. The van der Waals surface area contributed by atoms with Gasteiger partial charge in [-0.15, -0.1) is 0 Å². The first kappa shape index (κ1) is 22.0. The minimum absolute atomic E-state index is 0.00805. The molecule has 1 aliphatic heterocycles. The Kier molecular flexibility index (Phi) is 6.76. The lowest BCUT2D eigenvalue weighted by molar-refractivity contribution is 0.254. The molecule has 3 heterocycles. The normalized spacial score (nSPS) is 15.6. The van der Waals surface area contributed by atoms with Crippen LogP contribution in [-0.4, -0.2) is 68.0 Å². The number of aromatic nitrogens is 3. The molecular weight excluding hydrogens is 436 g/mol. The third-order valence-electron chi connectivity index (χ3n) is 5.73. The standard InChI is InChI=1S/C21H27ClN6O2S/c1-23-31(29,30)15-16-4-5-19-18(13-16)17(14-25-19)3-2-8-27-9-11-28(12-10-27)20-6-7-24-21(22)26-20/h4-7,13-14,23,25H,2-3,8-12,15H2,1H3. The number of rotatable bonds is 8. The minimum atomic E-state index is -3.28. The van der Waals surface area contributed by atoms with Crippen LogP contribution < -0.4 is 9.62 Å². The van der Waals surface area contributed by atoms with Gasteiger partial charge >= 0.3 is 0 Å². The molecular formula is C21H27ClN6O2S. The summed E-state index contributed by atoms with van der Waals surface area (Å²) in [6.07, 6.45) is 5.73. The van der Waals surface area contributed by atoms with E-state index < -0.39 is 10.0 Å². The predicted molar refractivity (Wildman–Crippen MR) is 124 cm³/mol. The highest BCUT2D eigenvalue weighted by atomic mass is 35.5. The average molecular weight is 463 g/mol. The van der Waals surface area contributed by atoms with Gasteiger partial charge in [-0.3, -0.25) is 4.90 Å². The van der Waals surface area contributed by atoms with Gasteiger partial charge in [0.25, 0.3) is 0 Å². The number of nitrogens with one attached hydrogen (secondary N) is 2. The number of benzene rings is 1. The van der Waals surface area contributed by atoms with E-state index in [9.17, 15) is 8.42 Å². The zero-order valence-electron chi connectivity index (χ0n) is 17.5. The molecule has 0 amide bonds. The number of anilines is 1. The summed E-state index contributed by atoms with van der Waals surface area (Å²) >= 11 is 5.91. The lowest BCUT2D eigenvalue weighted by Crippen LogP contribution is -2.47. The fourth-order valence-corrected chi connectivity index (χ4v) is 4.92. The van der Waals surface area contributed by atoms with Gasteiger partial charge in [-0.2, -0.15) is 0 Å². The van der Waals surface area contributed by atoms with Gasteiger partial charge in [-0.05, 0) is 67.4 Å². The first-order chi connectivity index (χ1) is 14.9. The molecule has 0 atom stereocenters. The van der Waals surface area contributed by atoms with Crippen LogP contribution in [0.4, 0.5) is 5.82 Å². The number of piperazine rings is 1. The highest BCUT2D eigenvalue weighted by Crippen LogP contribution is 2.22. The van der Waals surface area contributed by atoms with Gasteiger partial charge in [-0.25, -0.2) is 23.1 Å². The van der Waals surface area contributed by atoms with Crippen LogP contribution in [0.5, 0.6) is 0 Å². The summed E-state index contributed by atoms with van der Waals surface area (Å²) in [6, 6.07) is 7.70. The van der Waals surface area contributed by atoms with E-state index in [4.69, 9.17) is 11.6 Å². The van der Waals surface area contributed by atoms with Crippen LogP contribution in [0.2, 0.25) is 5.28 Å². The van der Waals surface area contributed by atoms with Crippen LogP contribution >= 0.6 is 11.6 Å². The number of halogens is 1. The van der Waals surface area contributed by atoms with Crippen molar-refractivity contribution in [3.63, 3.8) is 0 Å². The zero-order chi connectivity index (χ0) is 21.8. The second kappa shape index (κ2) is 9.52. The van der Waals surface area contributed by atoms with Crippen molar-refractivity contribution in [1.29, 1.82) is 0 Å². The van der Waals surface area contributed by atoms with Gasteiger partial charge in [0.1, 0.15) is 5.82 Å². The highest BCUT2D eigenvalue weighted by molar-refractivity contribution is 7.88. The predicted octanol–water partition coefficient (Wildman–Crippen LogP) is 2.42. The number of sulfonamides is 1. The van der Waals surface area contributed by atoms with Crippen molar-refractivity contribution in [2.45, 2.75) is 18.6 Å². The summed E-state index contributed by atoms with van der Waals surface area (Å²) in [5, 5.41) is 1.39. The van der Waals surface area contributed by atoms with Crippen molar-refractivity contribution in [3.05, 3.63) is 53.1 Å². The monoisotopic (exact) mass is 462 g/mol. The van der Waals surface area contributed by atoms with Gasteiger partial charge in [-0.1, -0.05) is 6.07 Å². The molecule has 1 aromatic carbocycles. The number of fused-ring (bicyclic) bond motifs is 1. The Balaban J connectivity index is 1.31. The zero-order valence-corrected chi connectivity index (χ0v) is 19.1. The maximum atomic E-state index is 11.9. The highest BCUT2D eigenvalue weighted by Gasteiger charge is 2.18. The second-order valence-corrected chi connectivity index (χ2v) is 10.0. The largest absolute Gasteiger partial charge is 0.361 e. The average Bonchev–Trinajstić information content (AvgIpc) is 3.16. The molecule has 10 heteroatoms. The molecule has 2 aromatic heterocycles. The van der Waals surface area contributed by atoms with E-state index in [0.717, 1.165) is 67.8 Å². The van der Waals surface area contributed by atoms with Crippen molar-refractivity contribution in [3.8, 4) is 0 Å². The number of hydrogen-bond donors (Lipinski definition) is 2. The summed E-state index contributed by atoms with van der Waals surface area (Å²) in [6.45, 7) is 4.84. The maximum Gasteiger partial charge on any atom is 0.224 e.